The predicted molar refractivity (Wildman–Crippen MR) is 94.4 cm³/mol. The molecule has 150 valence electrons. The van der Waals surface area contributed by atoms with Crippen molar-refractivity contribution >= 4 is 17.0 Å². The molecule has 0 bridgehead atoms. The Kier molecular flexibility index (Phi) is 10.9. The van der Waals surface area contributed by atoms with Gasteiger partial charge in [-0.15, -0.1) is 0 Å². The molecule has 0 aromatic carbocycles. The largest absolute Gasteiger partial charge is 0.466 e. The summed E-state index contributed by atoms with van der Waals surface area (Å²) in [4.78, 5) is 12.1. The minimum absolute atomic E-state index is 0.0120. The molecule has 0 aromatic rings. The number of nitrogens with one attached hydrogen (secondary N) is 1. The highest BCUT2D eigenvalue weighted by Gasteiger charge is 2.49. The second-order valence-electron chi connectivity index (χ2n) is 7.08. The van der Waals surface area contributed by atoms with E-state index in [9.17, 15) is 22.2 Å². The van der Waals surface area contributed by atoms with Crippen LogP contribution >= 0.6 is 0 Å². The Morgan fingerprint density at radius 2 is 1.64 bits per heavy atom. The van der Waals surface area contributed by atoms with Crippen molar-refractivity contribution in [2.75, 3.05) is 6.61 Å². The maximum atomic E-state index is 13.5. The minimum atomic E-state index is -4.69. The van der Waals surface area contributed by atoms with E-state index >= 15 is 0 Å². The molecule has 0 amide bonds. The Morgan fingerprint density at radius 1 is 1.08 bits per heavy atom. The van der Waals surface area contributed by atoms with Crippen LogP contribution in [0.1, 0.15) is 73.1 Å². The molecule has 0 unspecified atom stereocenters. The van der Waals surface area contributed by atoms with Crippen molar-refractivity contribution in [2.45, 2.75) is 90.1 Å². The number of ether oxygens (including phenoxy) is 1. The number of hydrogen-bond donors (Lipinski definition) is 1. The minimum Gasteiger partial charge on any atom is -0.466 e. The van der Waals surface area contributed by atoms with E-state index in [0.717, 1.165) is 25.7 Å². The summed E-state index contributed by atoms with van der Waals surface area (Å²) in [5.74, 6) is -2.29. The van der Waals surface area contributed by atoms with Crippen LogP contribution in [0.3, 0.4) is 0 Å². The van der Waals surface area contributed by atoms with Crippen molar-refractivity contribution in [3.05, 3.63) is 0 Å². The molecule has 0 radical (unpaired) electrons. The second kappa shape index (κ2) is 11.2. The van der Waals surface area contributed by atoms with Crippen LogP contribution in [0.15, 0.2) is 0 Å². The quantitative estimate of drug-likeness (QED) is 0.419. The highest BCUT2D eigenvalue weighted by Crippen LogP contribution is 2.31. The number of carbonyl (C=O) groups is 1. The number of hydrogen-bond acceptors (Lipinski definition) is 3. The molecular weight excluding hydrogens is 355 g/mol. The number of unbranched alkanes of at least 4 members (excludes halogenated alkanes) is 4. The van der Waals surface area contributed by atoms with Gasteiger partial charge in [0.1, 0.15) is 6.04 Å². The van der Waals surface area contributed by atoms with Gasteiger partial charge in [0.25, 0.3) is 0 Å². The molecule has 4 nitrogen and oxygen atoms in total. The average molecular weight is 388 g/mol. The van der Waals surface area contributed by atoms with E-state index < -0.39 is 39.8 Å². The van der Waals surface area contributed by atoms with Crippen molar-refractivity contribution in [1.82, 2.24) is 4.72 Å². The van der Waals surface area contributed by atoms with E-state index in [2.05, 4.69) is 4.72 Å². The van der Waals surface area contributed by atoms with Gasteiger partial charge in [-0.3, -0.25) is 4.79 Å². The lowest BCUT2D eigenvalue weighted by molar-refractivity contribution is -0.179. The number of carbonyl (C=O) groups excluding carboxylic acids is 1. The van der Waals surface area contributed by atoms with Crippen LogP contribution in [-0.2, 0) is 20.5 Å². The average Bonchev–Trinajstić information content (AvgIpc) is 2.47. The molecule has 8 heteroatoms. The first kappa shape index (κ1) is 24.4. The number of rotatable bonds is 11. The molecule has 0 saturated carbocycles. The first-order valence-electron chi connectivity index (χ1n) is 8.86. The Morgan fingerprint density at radius 3 is 2.08 bits per heavy atom. The van der Waals surface area contributed by atoms with Crippen molar-refractivity contribution in [3.8, 4) is 0 Å². The first-order valence-corrected chi connectivity index (χ1v) is 10.0. The van der Waals surface area contributed by atoms with Crippen molar-refractivity contribution in [2.24, 2.45) is 5.92 Å². The standard InChI is InChI=1S/C17H32F3NO3S/c1-6-8-9-10-11-12-13(15(22)24-7-2)14(17(18,19)20)21-25(23)16(3,4)5/h13-14,21H,6-12H2,1-5H3/t13-,14-,25-/m0/s1. The summed E-state index contributed by atoms with van der Waals surface area (Å²) in [5, 5.41) is 0. The van der Waals surface area contributed by atoms with E-state index in [4.69, 9.17) is 4.74 Å². The first-order chi connectivity index (χ1) is 11.4. The third-order valence-electron chi connectivity index (χ3n) is 3.75. The third-order valence-corrected chi connectivity index (χ3v) is 5.33. The zero-order valence-corrected chi connectivity index (χ0v) is 16.7. The van der Waals surface area contributed by atoms with E-state index in [0.29, 0.717) is 6.42 Å². The Hall–Kier alpha value is -0.630. The summed E-state index contributed by atoms with van der Waals surface area (Å²) in [6.07, 6.45) is -0.416. The maximum Gasteiger partial charge on any atom is 0.405 e. The molecule has 0 aliphatic rings. The van der Waals surface area contributed by atoms with Gasteiger partial charge in [-0.25, -0.2) is 8.93 Å². The van der Waals surface area contributed by atoms with Crippen LogP contribution < -0.4 is 4.72 Å². The summed E-state index contributed by atoms with van der Waals surface area (Å²) < 4.78 is 58.9. The van der Waals surface area contributed by atoms with Gasteiger partial charge in [0.05, 0.1) is 28.3 Å². The summed E-state index contributed by atoms with van der Waals surface area (Å²) in [6.45, 7) is 8.35. The molecule has 0 aliphatic heterocycles. The second-order valence-corrected chi connectivity index (χ2v) is 9.08. The van der Waals surface area contributed by atoms with Gasteiger partial charge in [0.15, 0.2) is 0 Å². The Balaban J connectivity index is 5.24. The summed E-state index contributed by atoms with van der Waals surface area (Å²) >= 11 is 0. The lowest BCUT2D eigenvalue weighted by Gasteiger charge is -2.30. The number of alkyl halides is 3. The van der Waals surface area contributed by atoms with Crippen LogP contribution in [0.5, 0.6) is 0 Å². The lowest BCUT2D eigenvalue weighted by atomic mass is 9.93. The molecule has 0 fully saturated rings. The molecule has 0 heterocycles. The van der Waals surface area contributed by atoms with Crippen molar-refractivity contribution in [3.63, 3.8) is 0 Å². The molecule has 0 aliphatic carbocycles. The number of halogens is 3. The van der Waals surface area contributed by atoms with Crippen LogP contribution in [0.25, 0.3) is 0 Å². The SMILES string of the molecule is CCCCCCC[C@H](C(=O)OCC)[C@H](N[S@@](=O)C(C)(C)C)C(F)(F)F. The molecule has 0 aromatic heterocycles. The van der Waals surface area contributed by atoms with Crippen LogP contribution in [0, 0.1) is 5.92 Å². The maximum absolute atomic E-state index is 13.5. The van der Waals surface area contributed by atoms with E-state index in [1.165, 1.54) is 0 Å². The van der Waals surface area contributed by atoms with Gasteiger partial charge in [0.2, 0.25) is 0 Å². The zero-order valence-electron chi connectivity index (χ0n) is 15.9. The van der Waals surface area contributed by atoms with E-state index in [1.807, 2.05) is 6.92 Å². The van der Waals surface area contributed by atoms with E-state index in [1.54, 1.807) is 27.7 Å². The molecule has 0 saturated heterocycles. The van der Waals surface area contributed by atoms with Gasteiger partial charge in [-0.05, 0) is 34.1 Å². The normalized spacial score (nSPS) is 16.3. The van der Waals surface area contributed by atoms with Gasteiger partial charge in [0, 0.05) is 0 Å². The molecule has 0 spiro atoms. The highest BCUT2D eigenvalue weighted by molar-refractivity contribution is 7.84. The van der Waals surface area contributed by atoms with Gasteiger partial charge in [-0.2, -0.15) is 13.2 Å². The molecule has 1 N–H and O–H groups in total. The topological polar surface area (TPSA) is 55.4 Å². The van der Waals surface area contributed by atoms with Crippen LogP contribution in [-0.4, -0.2) is 33.8 Å². The van der Waals surface area contributed by atoms with Crippen LogP contribution in [0.2, 0.25) is 0 Å². The zero-order chi connectivity index (χ0) is 19.7. The number of esters is 1. The summed E-state index contributed by atoms with van der Waals surface area (Å²) in [6, 6.07) is -2.18. The fraction of sp³-hybridized carbons (Fsp3) is 0.941. The van der Waals surface area contributed by atoms with Gasteiger partial charge >= 0.3 is 12.1 Å². The van der Waals surface area contributed by atoms with Crippen molar-refractivity contribution in [1.29, 1.82) is 0 Å². The fourth-order valence-corrected chi connectivity index (χ4v) is 3.19. The molecule has 0 rings (SSSR count). The van der Waals surface area contributed by atoms with Gasteiger partial charge in [-0.1, -0.05) is 39.0 Å². The van der Waals surface area contributed by atoms with Crippen LogP contribution in [0.4, 0.5) is 13.2 Å². The van der Waals surface area contributed by atoms with Gasteiger partial charge < -0.3 is 4.74 Å². The Bertz CT molecular complexity index is 422. The highest BCUT2D eigenvalue weighted by atomic mass is 32.2. The summed E-state index contributed by atoms with van der Waals surface area (Å²) in [5.41, 5.74) is 0. The summed E-state index contributed by atoms with van der Waals surface area (Å²) in [7, 11) is -1.94. The third kappa shape index (κ3) is 9.58. The molecular formula is C17H32F3NO3S. The lowest BCUT2D eigenvalue weighted by Crippen LogP contribution is -2.53. The fourth-order valence-electron chi connectivity index (χ4n) is 2.31. The van der Waals surface area contributed by atoms with Crippen molar-refractivity contribution < 1.29 is 26.9 Å². The monoisotopic (exact) mass is 387 g/mol. The smallest absolute Gasteiger partial charge is 0.405 e. The predicted octanol–water partition coefficient (Wildman–Crippen LogP) is 4.51. The molecule has 25 heavy (non-hydrogen) atoms. The molecule has 3 atom stereocenters. The Labute approximate surface area is 151 Å². The van der Waals surface area contributed by atoms with E-state index in [-0.39, 0.29) is 13.0 Å².